The molecule has 1 N–H and O–H groups in total. The third kappa shape index (κ3) is 6.19. The SMILES string of the molecule is CCCN(Cc1cccn1Cc1nc(C(=O)NCc2cccnc2)cs1)C(=O)c1ccccc1F. The number of carbonyl (C=O) groups is 2. The van der Waals surface area contributed by atoms with Crippen molar-refractivity contribution in [3.8, 4) is 0 Å². The molecule has 0 spiro atoms. The lowest BCUT2D eigenvalue weighted by Gasteiger charge is -2.23. The molecule has 180 valence electrons. The minimum Gasteiger partial charge on any atom is -0.347 e. The highest BCUT2D eigenvalue weighted by molar-refractivity contribution is 7.09. The number of benzene rings is 1. The van der Waals surface area contributed by atoms with E-state index in [1.54, 1.807) is 34.8 Å². The highest BCUT2D eigenvalue weighted by Gasteiger charge is 2.20. The Morgan fingerprint density at radius 3 is 2.77 bits per heavy atom. The lowest BCUT2D eigenvalue weighted by molar-refractivity contribution is 0.0734. The van der Waals surface area contributed by atoms with Crippen molar-refractivity contribution in [2.45, 2.75) is 33.0 Å². The van der Waals surface area contributed by atoms with E-state index in [2.05, 4.69) is 15.3 Å². The summed E-state index contributed by atoms with van der Waals surface area (Å²) >= 11 is 1.41. The second kappa shape index (κ2) is 11.5. The zero-order valence-electron chi connectivity index (χ0n) is 19.4. The number of hydrogen-bond donors (Lipinski definition) is 1. The Hall–Kier alpha value is -3.85. The molecular formula is C26H26FN5O2S. The molecule has 7 nitrogen and oxygen atoms in total. The Labute approximate surface area is 207 Å². The first-order chi connectivity index (χ1) is 17.0. The van der Waals surface area contributed by atoms with Crippen molar-refractivity contribution < 1.29 is 14.0 Å². The zero-order valence-corrected chi connectivity index (χ0v) is 20.2. The van der Waals surface area contributed by atoms with E-state index in [9.17, 15) is 14.0 Å². The van der Waals surface area contributed by atoms with Crippen LogP contribution in [0.3, 0.4) is 0 Å². The van der Waals surface area contributed by atoms with E-state index in [1.807, 2.05) is 42.0 Å². The molecule has 0 saturated carbocycles. The van der Waals surface area contributed by atoms with Crippen LogP contribution < -0.4 is 5.32 Å². The molecule has 3 aromatic heterocycles. The van der Waals surface area contributed by atoms with Gasteiger partial charge in [0.1, 0.15) is 16.5 Å². The number of nitrogens with zero attached hydrogens (tertiary/aromatic N) is 4. The van der Waals surface area contributed by atoms with Crippen LogP contribution in [0.15, 0.2) is 72.5 Å². The molecule has 0 aliphatic heterocycles. The Morgan fingerprint density at radius 1 is 1.14 bits per heavy atom. The third-order valence-corrected chi connectivity index (χ3v) is 6.26. The summed E-state index contributed by atoms with van der Waals surface area (Å²) in [5.41, 5.74) is 2.25. The fourth-order valence-corrected chi connectivity index (χ4v) is 4.45. The smallest absolute Gasteiger partial charge is 0.271 e. The van der Waals surface area contributed by atoms with Gasteiger partial charge in [-0.05, 0) is 42.3 Å². The summed E-state index contributed by atoms with van der Waals surface area (Å²) in [6.45, 7) is 3.69. The predicted octanol–water partition coefficient (Wildman–Crippen LogP) is 4.51. The number of rotatable bonds is 10. The summed E-state index contributed by atoms with van der Waals surface area (Å²) < 4.78 is 16.2. The summed E-state index contributed by atoms with van der Waals surface area (Å²) in [6.07, 6.45) is 6.06. The fraction of sp³-hybridized carbons (Fsp3) is 0.231. The Morgan fingerprint density at radius 2 is 2.00 bits per heavy atom. The monoisotopic (exact) mass is 491 g/mol. The van der Waals surface area contributed by atoms with Crippen molar-refractivity contribution in [3.05, 3.63) is 106 Å². The van der Waals surface area contributed by atoms with Crippen molar-refractivity contribution in [2.75, 3.05) is 6.54 Å². The van der Waals surface area contributed by atoms with Crippen LogP contribution in [0.2, 0.25) is 0 Å². The fourth-order valence-electron chi connectivity index (χ4n) is 3.68. The largest absolute Gasteiger partial charge is 0.347 e. The number of nitrogens with one attached hydrogen (secondary N) is 1. The molecule has 0 aliphatic carbocycles. The van der Waals surface area contributed by atoms with Gasteiger partial charge in [-0.25, -0.2) is 9.37 Å². The molecule has 1 aromatic carbocycles. The quantitative estimate of drug-likeness (QED) is 0.354. The standard InChI is InChI=1S/C26H26FN5O2S/c1-2-12-32(26(34)21-9-3-4-10-22(21)27)16-20-8-6-13-31(20)17-24-30-23(18-35-24)25(33)29-15-19-7-5-11-28-14-19/h3-11,13-14,18H,2,12,15-17H2,1H3,(H,29,33). The Bertz CT molecular complexity index is 1290. The first-order valence-corrected chi connectivity index (χ1v) is 12.2. The molecule has 0 fully saturated rings. The molecule has 0 aliphatic rings. The van der Waals surface area contributed by atoms with Crippen molar-refractivity contribution in [1.29, 1.82) is 0 Å². The summed E-state index contributed by atoms with van der Waals surface area (Å²) in [4.78, 5) is 35.7. The number of aromatic nitrogens is 3. The molecule has 3 heterocycles. The van der Waals surface area contributed by atoms with Crippen LogP contribution in [-0.2, 0) is 19.6 Å². The Kier molecular flexibility index (Phi) is 7.99. The molecule has 9 heteroatoms. The summed E-state index contributed by atoms with van der Waals surface area (Å²) in [6, 6.07) is 13.6. The molecule has 0 saturated heterocycles. The summed E-state index contributed by atoms with van der Waals surface area (Å²) in [7, 11) is 0. The van der Waals surface area contributed by atoms with E-state index in [0.717, 1.165) is 22.7 Å². The topological polar surface area (TPSA) is 80.1 Å². The van der Waals surface area contributed by atoms with Crippen LogP contribution in [0.1, 0.15) is 50.5 Å². The van der Waals surface area contributed by atoms with E-state index >= 15 is 0 Å². The van der Waals surface area contributed by atoms with E-state index in [4.69, 9.17) is 0 Å². The lowest BCUT2D eigenvalue weighted by atomic mass is 10.1. The van der Waals surface area contributed by atoms with E-state index < -0.39 is 5.82 Å². The second-order valence-electron chi connectivity index (χ2n) is 8.00. The number of hydrogen-bond acceptors (Lipinski definition) is 5. The van der Waals surface area contributed by atoms with Gasteiger partial charge < -0.3 is 14.8 Å². The van der Waals surface area contributed by atoms with Gasteiger partial charge in [0.05, 0.1) is 18.7 Å². The lowest BCUT2D eigenvalue weighted by Crippen LogP contribution is -2.32. The number of carbonyl (C=O) groups excluding carboxylic acids is 2. The Balaban J connectivity index is 1.42. The first kappa shape index (κ1) is 24.3. The number of halogens is 1. The van der Waals surface area contributed by atoms with Crippen LogP contribution in [0.25, 0.3) is 0 Å². The van der Waals surface area contributed by atoms with E-state index in [1.165, 1.54) is 23.5 Å². The van der Waals surface area contributed by atoms with Gasteiger partial charge in [-0.1, -0.05) is 25.1 Å². The van der Waals surface area contributed by atoms with Crippen molar-refractivity contribution >= 4 is 23.2 Å². The van der Waals surface area contributed by atoms with Crippen molar-refractivity contribution in [1.82, 2.24) is 24.8 Å². The highest BCUT2D eigenvalue weighted by Crippen LogP contribution is 2.17. The second-order valence-corrected chi connectivity index (χ2v) is 8.95. The average molecular weight is 492 g/mol. The molecule has 35 heavy (non-hydrogen) atoms. The third-order valence-electron chi connectivity index (χ3n) is 5.43. The number of amides is 2. The van der Waals surface area contributed by atoms with Crippen LogP contribution in [0.5, 0.6) is 0 Å². The molecule has 2 amide bonds. The predicted molar refractivity (Wildman–Crippen MR) is 132 cm³/mol. The molecule has 0 unspecified atom stereocenters. The van der Waals surface area contributed by atoms with E-state index in [-0.39, 0.29) is 17.4 Å². The van der Waals surface area contributed by atoms with Crippen LogP contribution in [0.4, 0.5) is 4.39 Å². The summed E-state index contributed by atoms with van der Waals surface area (Å²) in [5, 5.41) is 5.37. The molecule has 0 atom stereocenters. The first-order valence-electron chi connectivity index (χ1n) is 11.3. The van der Waals surface area contributed by atoms with Gasteiger partial charge in [-0.2, -0.15) is 0 Å². The zero-order chi connectivity index (χ0) is 24.6. The maximum atomic E-state index is 14.2. The maximum absolute atomic E-state index is 14.2. The van der Waals surface area contributed by atoms with Gasteiger partial charge >= 0.3 is 0 Å². The minimum absolute atomic E-state index is 0.0703. The minimum atomic E-state index is -0.522. The van der Waals surface area contributed by atoms with Crippen LogP contribution in [-0.4, -0.2) is 37.8 Å². The van der Waals surface area contributed by atoms with Gasteiger partial charge in [0.25, 0.3) is 11.8 Å². The average Bonchev–Trinajstić information content (AvgIpc) is 3.53. The normalized spacial score (nSPS) is 10.8. The van der Waals surface area contributed by atoms with Crippen molar-refractivity contribution in [2.24, 2.45) is 0 Å². The van der Waals surface area contributed by atoms with Crippen LogP contribution in [0, 0.1) is 5.82 Å². The molecular weight excluding hydrogens is 465 g/mol. The van der Waals surface area contributed by atoms with Gasteiger partial charge in [-0.15, -0.1) is 11.3 Å². The van der Waals surface area contributed by atoms with Crippen molar-refractivity contribution in [3.63, 3.8) is 0 Å². The van der Waals surface area contributed by atoms with Gasteiger partial charge in [0, 0.05) is 42.8 Å². The van der Waals surface area contributed by atoms with Gasteiger partial charge in [0.2, 0.25) is 0 Å². The highest BCUT2D eigenvalue weighted by atomic mass is 32.1. The van der Waals surface area contributed by atoms with Gasteiger partial charge in [-0.3, -0.25) is 14.6 Å². The molecule has 0 bridgehead atoms. The molecule has 0 radical (unpaired) electrons. The van der Waals surface area contributed by atoms with Crippen LogP contribution >= 0.6 is 11.3 Å². The van der Waals surface area contributed by atoms with Gasteiger partial charge in [0.15, 0.2) is 0 Å². The molecule has 4 aromatic rings. The van der Waals surface area contributed by atoms with E-state index in [0.29, 0.717) is 31.9 Å². The summed E-state index contributed by atoms with van der Waals surface area (Å²) in [5.74, 6) is -1.10. The molecule has 4 rings (SSSR count). The number of thiazole rings is 1. The number of pyridine rings is 1. The maximum Gasteiger partial charge on any atom is 0.271 e.